The molecule has 3 rings (SSSR count). The summed E-state index contributed by atoms with van der Waals surface area (Å²) in [5.41, 5.74) is 2.80. The van der Waals surface area contributed by atoms with Crippen LogP contribution in [0.15, 0.2) is 70.7 Å². The number of nitro benzene ring substituents is 1. The molecule has 0 aliphatic heterocycles. The van der Waals surface area contributed by atoms with E-state index in [1.165, 1.54) is 49.7 Å². The van der Waals surface area contributed by atoms with Crippen molar-refractivity contribution in [1.82, 2.24) is 0 Å². The van der Waals surface area contributed by atoms with E-state index in [9.17, 15) is 23.6 Å². The first-order chi connectivity index (χ1) is 15.2. The number of hydrogen-bond donors (Lipinski definition) is 3. The van der Waals surface area contributed by atoms with E-state index in [1.54, 1.807) is 18.2 Å². The Morgan fingerprint density at radius 1 is 1.16 bits per heavy atom. The molecule has 0 heterocycles. The SMILES string of the molecule is COc1cc(/C=N\Nc2ccc(S(=O)(=O)Nc3cccc(Cl)c3)cc2[N+](=O)[O-])ccc1O. The number of methoxy groups -OCH3 is 1. The largest absolute Gasteiger partial charge is 0.504 e. The number of hydrazone groups is 1. The highest BCUT2D eigenvalue weighted by molar-refractivity contribution is 7.92. The topological polar surface area (TPSA) is 143 Å². The molecule has 12 heteroatoms. The molecule has 0 radical (unpaired) electrons. The van der Waals surface area contributed by atoms with E-state index < -0.39 is 20.6 Å². The van der Waals surface area contributed by atoms with Gasteiger partial charge < -0.3 is 9.84 Å². The van der Waals surface area contributed by atoms with Gasteiger partial charge in [-0.3, -0.25) is 20.3 Å². The lowest BCUT2D eigenvalue weighted by atomic mass is 10.2. The van der Waals surface area contributed by atoms with E-state index in [-0.39, 0.29) is 27.8 Å². The van der Waals surface area contributed by atoms with Gasteiger partial charge in [-0.25, -0.2) is 8.42 Å². The highest BCUT2D eigenvalue weighted by Crippen LogP contribution is 2.29. The van der Waals surface area contributed by atoms with Crippen molar-refractivity contribution in [1.29, 1.82) is 0 Å². The van der Waals surface area contributed by atoms with Gasteiger partial charge in [-0.2, -0.15) is 5.10 Å². The van der Waals surface area contributed by atoms with E-state index in [1.807, 2.05) is 0 Å². The fourth-order valence-corrected chi connectivity index (χ4v) is 3.90. The Bertz CT molecular complexity index is 1300. The zero-order valence-corrected chi connectivity index (χ0v) is 18.1. The summed E-state index contributed by atoms with van der Waals surface area (Å²) >= 11 is 5.86. The minimum Gasteiger partial charge on any atom is -0.504 e. The molecular weight excluding hydrogens is 460 g/mol. The van der Waals surface area contributed by atoms with Crippen molar-refractivity contribution in [2.45, 2.75) is 4.90 Å². The molecule has 166 valence electrons. The molecule has 3 N–H and O–H groups in total. The van der Waals surface area contributed by atoms with E-state index in [2.05, 4.69) is 15.2 Å². The van der Waals surface area contributed by atoms with Gasteiger partial charge in [0.1, 0.15) is 5.69 Å². The molecular formula is C20H17ClN4O6S. The molecule has 32 heavy (non-hydrogen) atoms. The number of hydrogen-bond acceptors (Lipinski definition) is 8. The highest BCUT2D eigenvalue weighted by atomic mass is 35.5. The lowest BCUT2D eigenvalue weighted by Gasteiger charge is -2.09. The molecule has 10 nitrogen and oxygen atoms in total. The van der Waals surface area contributed by atoms with E-state index >= 15 is 0 Å². The van der Waals surface area contributed by atoms with Crippen LogP contribution in [0, 0.1) is 10.1 Å². The van der Waals surface area contributed by atoms with Gasteiger partial charge >= 0.3 is 0 Å². The van der Waals surface area contributed by atoms with E-state index in [0.29, 0.717) is 10.6 Å². The van der Waals surface area contributed by atoms with Gasteiger partial charge in [-0.05, 0) is 54.1 Å². The van der Waals surface area contributed by atoms with Gasteiger partial charge in [-0.1, -0.05) is 17.7 Å². The monoisotopic (exact) mass is 476 g/mol. The Morgan fingerprint density at radius 2 is 1.94 bits per heavy atom. The minimum absolute atomic E-state index is 0.0151. The van der Waals surface area contributed by atoms with Crippen molar-refractivity contribution in [3.05, 3.63) is 81.4 Å². The molecule has 0 spiro atoms. The summed E-state index contributed by atoms with van der Waals surface area (Å²) in [6.07, 6.45) is 1.36. The average Bonchev–Trinajstić information content (AvgIpc) is 2.74. The molecule has 0 saturated carbocycles. The summed E-state index contributed by atoms with van der Waals surface area (Å²) in [6.45, 7) is 0. The summed E-state index contributed by atoms with van der Waals surface area (Å²) in [5.74, 6) is 0.193. The van der Waals surface area contributed by atoms with Crippen LogP contribution < -0.4 is 14.9 Å². The number of phenols is 1. The summed E-state index contributed by atoms with van der Waals surface area (Å²) in [7, 11) is -2.70. The standard InChI is InChI=1S/C20H17ClN4O6S/c1-31-20-9-13(5-8-19(20)26)12-22-23-17-7-6-16(11-18(17)25(27)28)32(29,30)24-15-4-2-3-14(21)10-15/h2-12,23-24,26H,1H3/b22-12-. The van der Waals surface area contributed by atoms with Crippen LogP contribution in [0.1, 0.15) is 5.56 Å². The molecule has 0 amide bonds. The molecule has 0 unspecified atom stereocenters. The van der Waals surface area contributed by atoms with Crippen LogP contribution in [0.3, 0.4) is 0 Å². The minimum atomic E-state index is -4.10. The Hall–Kier alpha value is -3.83. The molecule has 0 aromatic heterocycles. The number of sulfonamides is 1. The maximum absolute atomic E-state index is 12.6. The van der Waals surface area contributed by atoms with Gasteiger partial charge in [0.15, 0.2) is 11.5 Å². The van der Waals surface area contributed by atoms with Crippen LogP contribution in [0.25, 0.3) is 0 Å². The van der Waals surface area contributed by atoms with Crippen LogP contribution in [-0.4, -0.2) is 31.8 Å². The number of rotatable bonds is 8. The Morgan fingerprint density at radius 3 is 2.62 bits per heavy atom. The predicted octanol–water partition coefficient (Wildman–Crippen LogP) is 4.21. The van der Waals surface area contributed by atoms with Crippen LogP contribution in [0.2, 0.25) is 5.02 Å². The summed E-state index contributed by atoms with van der Waals surface area (Å²) < 4.78 is 32.6. The quantitative estimate of drug-likeness (QED) is 0.251. The number of benzene rings is 3. The van der Waals surface area contributed by atoms with Crippen LogP contribution in [0.5, 0.6) is 11.5 Å². The lowest BCUT2D eigenvalue weighted by Crippen LogP contribution is -2.13. The fraction of sp³-hybridized carbons (Fsp3) is 0.0500. The molecule has 0 atom stereocenters. The Labute approximate surface area is 188 Å². The number of nitrogens with zero attached hydrogens (tertiary/aromatic N) is 2. The second-order valence-electron chi connectivity index (χ2n) is 6.35. The van der Waals surface area contributed by atoms with Crippen molar-refractivity contribution < 1.29 is 23.2 Å². The third-order valence-electron chi connectivity index (χ3n) is 4.16. The number of nitro groups is 1. The average molecular weight is 477 g/mol. The Balaban J connectivity index is 1.83. The zero-order chi connectivity index (χ0) is 23.3. The first-order valence-electron chi connectivity index (χ1n) is 8.92. The van der Waals surface area contributed by atoms with Crippen molar-refractivity contribution in [2.75, 3.05) is 17.3 Å². The Kier molecular flexibility index (Phi) is 6.81. The first kappa shape index (κ1) is 22.8. The zero-order valence-electron chi connectivity index (χ0n) is 16.5. The third-order valence-corrected chi connectivity index (χ3v) is 5.77. The van der Waals surface area contributed by atoms with Gasteiger partial charge in [0.25, 0.3) is 15.7 Å². The summed E-state index contributed by atoms with van der Waals surface area (Å²) in [5, 5.41) is 25.4. The molecule has 3 aromatic rings. The van der Waals surface area contributed by atoms with Crippen LogP contribution in [-0.2, 0) is 10.0 Å². The molecule has 0 saturated heterocycles. The van der Waals surface area contributed by atoms with Crippen molar-refractivity contribution in [3.63, 3.8) is 0 Å². The van der Waals surface area contributed by atoms with Crippen molar-refractivity contribution in [2.24, 2.45) is 5.10 Å². The van der Waals surface area contributed by atoms with E-state index in [4.69, 9.17) is 16.3 Å². The number of ether oxygens (including phenoxy) is 1. The van der Waals surface area contributed by atoms with Gasteiger partial charge in [-0.15, -0.1) is 0 Å². The first-order valence-corrected chi connectivity index (χ1v) is 10.8. The van der Waals surface area contributed by atoms with Crippen molar-refractivity contribution in [3.8, 4) is 11.5 Å². The molecule has 0 fully saturated rings. The number of halogens is 1. The lowest BCUT2D eigenvalue weighted by molar-refractivity contribution is -0.384. The van der Waals surface area contributed by atoms with Crippen LogP contribution in [0.4, 0.5) is 17.1 Å². The number of aromatic hydroxyl groups is 1. The maximum Gasteiger partial charge on any atom is 0.295 e. The van der Waals surface area contributed by atoms with Gasteiger partial charge in [0.05, 0.1) is 28.8 Å². The number of phenolic OH excluding ortho intramolecular Hbond substituents is 1. The summed E-state index contributed by atoms with van der Waals surface area (Å²) in [6, 6.07) is 13.9. The number of anilines is 2. The second kappa shape index (κ2) is 9.54. The van der Waals surface area contributed by atoms with Gasteiger partial charge in [0, 0.05) is 11.1 Å². The predicted molar refractivity (Wildman–Crippen MR) is 121 cm³/mol. The molecule has 3 aromatic carbocycles. The molecule has 0 bridgehead atoms. The third kappa shape index (κ3) is 5.45. The van der Waals surface area contributed by atoms with Crippen molar-refractivity contribution >= 4 is 44.9 Å². The fourth-order valence-electron chi connectivity index (χ4n) is 2.64. The second-order valence-corrected chi connectivity index (χ2v) is 8.47. The van der Waals surface area contributed by atoms with Gasteiger partial charge in [0.2, 0.25) is 0 Å². The normalized spacial score (nSPS) is 11.3. The molecule has 0 aliphatic carbocycles. The summed E-state index contributed by atoms with van der Waals surface area (Å²) in [4.78, 5) is 10.5. The molecule has 0 aliphatic rings. The maximum atomic E-state index is 12.6. The highest BCUT2D eigenvalue weighted by Gasteiger charge is 2.21. The number of nitrogens with one attached hydrogen (secondary N) is 2. The van der Waals surface area contributed by atoms with Crippen LogP contribution >= 0.6 is 11.6 Å². The van der Waals surface area contributed by atoms with E-state index in [0.717, 1.165) is 6.07 Å². The smallest absolute Gasteiger partial charge is 0.295 e.